The van der Waals surface area contributed by atoms with E-state index in [1.807, 2.05) is 5.38 Å². The van der Waals surface area contributed by atoms with Crippen LogP contribution >= 0.6 is 22.9 Å². The third-order valence-corrected chi connectivity index (χ3v) is 7.40. The molecule has 4 N–H and O–H groups in total. The van der Waals surface area contributed by atoms with E-state index in [1.54, 1.807) is 18.2 Å². The second-order valence-corrected chi connectivity index (χ2v) is 10.8. The fourth-order valence-electron chi connectivity index (χ4n) is 3.99. The number of nitrogens with two attached hydrogens (primary N) is 1. The van der Waals surface area contributed by atoms with Gasteiger partial charge in [0.25, 0.3) is 0 Å². The van der Waals surface area contributed by atoms with Gasteiger partial charge >= 0.3 is 10.3 Å². The van der Waals surface area contributed by atoms with Gasteiger partial charge in [0.15, 0.2) is 0 Å². The Morgan fingerprint density at radius 1 is 1.31 bits per heavy atom. The summed E-state index contributed by atoms with van der Waals surface area (Å²) >= 11 is 7.13. The minimum absolute atomic E-state index is 0.0432. The molecule has 3 aromatic rings. The lowest BCUT2D eigenvalue weighted by Crippen LogP contribution is -2.24. The van der Waals surface area contributed by atoms with Crippen LogP contribution in [0.5, 0.6) is 0 Å². The Balaban J connectivity index is 1.44. The molecule has 9 nitrogen and oxygen atoms in total. The molecule has 1 saturated carbocycles. The smallest absolute Gasteiger partial charge is 0.333 e. The van der Waals surface area contributed by atoms with E-state index in [0.717, 1.165) is 11.1 Å². The zero-order valence-electron chi connectivity index (χ0n) is 18.2. The number of carbonyl (C=O) groups excluding carboxylic acids is 1. The molecule has 1 fully saturated rings. The van der Waals surface area contributed by atoms with Crippen molar-refractivity contribution in [3.05, 3.63) is 74.6 Å². The summed E-state index contributed by atoms with van der Waals surface area (Å²) < 4.78 is 40.1. The molecular weight excluding hydrogens is 519 g/mol. The van der Waals surface area contributed by atoms with Crippen LogP contribution in [0, 0.1) is 11.7 Å². The number of ketones is 1. The van der Waals surface area contributed by atoms with Gasteiger partial charge in [-0.3, -0.25) is 8.98 Å². The zero-order chi connectivity index (χ0) is 25.2. The molecule has 3 atom stereocenters. The van der Waals surface area contributed by atoms with Crippen molar-refractivity contribution in [2.24, 2.45) is 11.1 Å². The van der Waals surface area contributed by atoms with E-state index in [9.17, 15) is 22.7 Å². The van der Waals surface area contributed by atoms with Crippen molar-refractivity contribution < 1.29 is 26.9 Å². The van der Waals surface area contributed by atoms with Crippen molar-refractivity contribution in [1.82, 2.24) is 9.97 Å². The lowest BCUT2D eigenvalue weighted by molar-refractivity contribution is 0.101. The number of rotatable bonds is 9. The highest BCUT2D eigenvalue weighted by molar-refractivity contribution is 7.84. The molecule has 1 aliphatic carbocycles. The Morgan fingerprint density at radius 3 is 2.86 bits per heavy atom. The molecule has 35 heavy (non-hydrogen) atoms. The standard InChI is InChI=1S/C22H22ClFN4O5S2/c23-17-4-12(1-2-18(17)24)3-13-5-20(34-10-13)21(30)16-8-26-11-27-22(16)28-15-6-14(19(29)7-15)9-33-35(25,31)32/h1-2,4-5,8,10-11,14-15,19,29H,3,6-7,9H2,(H2,25,31,32)(H,26,27,28)/t14?,15-,19+/m1/s1. The van der Waals surface area contributed by atoms with Crippen LogP contribution in [0.2, 0.25) is 5.02 Å². The molecule has 186 valence electrons. The Hall–Kier alpha value is -2.48. The number of hydrogen-bond donors (Lipinski definition) is 3. The third kappa shape index (κ3) is 6.60. The number of carbonyl (C=O) groups is 1. The van der Waals surface area contributed by atoms with Crippen molar-refractivity contribution in [1.29, 1.82) is 0 Å². The van der Waals surface area contributed by atoms with Gasteiger partial charge in [0.2, 0.25) is 5.78 Å². The maximum absolute atomic E-state index is 13.4. The minimum atomic E-state index is -4.10. The van der Waals surface area contributed by atoms with Crippen molar-refractivity contribution in [2.45, 2.75) is 31.4 Å². The summed E-state index contributed by atoms with van der Waals surface area (Å²) in [4.78, 5) is 21.9. The number of aliphatic hydroxyl groups excluding tert-OH is 1. The second-order valence-electron chi connectivity index (χ2n) is 8.28. The summed E-state index contributed by atoms with van der Waals surface area (Å²) in [6.45, 7) is -0.231. The van der Waals surface area contributed by atoms with Crippen LogP contribution in [-0.2, 0) is 20.9 Å². The molecule has 0 bridgehead atoms. The normalized spacial score (nSPS) is 20.2. The van der Waals surface area contributed by atoms with Crippen molar-refractivity contribution in [3.8, 4) is 0 Å². The Bertz CT molecular complexity index is 1340. The summed E-state index contributed by atoms with van der Waals surface area (Å²) in [5.74, 6) is -0.880. The quantitative estimate of drug-likeness (QED) is 0.351. The van der Waals surface area contributed by atoms with Crippen LogP contribution in [0.25, 0.3) is 0 Å². The Kier molecular flexibility index (Phi) is 7.79. The molecule has 1 aromatic carbocycles. The lowest BCUT2D eigenvalue weighted by Gasteiger charge is -2.15. The van der Waals surface area contributed by atoms with Gasteiger partial charge in [-0.05, 0) is 54.0 Å². The maximum Gasteiger partial charge on any atom is 0.333 e. The topological polar surface area (TPSA) is 144 Å². The van der Waals surface area contributed by atoms with Crippen LogP contribution in [0.3, 0.4) is 0 Å². The van der Waals surface area contributed by atoms with Gasteiger partial charge in [-0.25, -0.2) is 19.5 Å². The summed E-state index contributed by atoms with van der Waals surface area (Å²) in [6.07, 6.45) is 3.14. The Labute approximate surface area is 210 Å². The molecular formula is C22H22ClFN4O5S2. The van der Waals surface area contributed by atoms with Crippen LogP contribution in [-0.4, -0.2) is 48.0 Å². The molecule has 2 heterocycles. The van der Waals surface area contributed by atoms with E-state index < -0.39 is 28.1 Å². The van der Waals surface area contributed by atoms with Gasteiger partial charge in [-0.1, -0.05) is 17.7 Å². The highest BCUT2D eigenvalue weighted by atomic mass is 35.5. The lowest BCUT2D eigenvalue weighted by atomic mass is 10.1. The third-order valence-electron chi connectivity index (χ3n) is 5.67. The maximum atomic E-state index is 13.4. The fraction of sp³-hybridized carbons (Fsp3) is 0.318. The molecule has 2 aromatic heterocycles. The molecule has 13 heteroatoms. The number of thiophene rings is 1. The Morgan fingerprint density at radius 2 is 2.11 bits per heavy atom. The van der Waals surface area contributed by atoms with Gasteiger partial charge in [0.1, 0.15) is 18.0 Å². The first-order valence-corrected chi connectivity index (χ1v) is 13.3. The van der Waals surface area contributed by atoms with E-state index >= 15 is 0 Å². The number of halogens is 2. The minimum Gasteiger partial charge on any atom is -0.393 e. The van der Waals surface area contributed by atoms with E-state index in [0.29, 0.717) is 30.0 Å². The monoisotopic (exact) mass is 540 g/mol. The summed E-state index contributed by atoms with van der Waals surface area (Å²) in [6, 6.07) is 6.01. The van der Waals surface area contributed by atoms with Gasteiger partial charge in [-0.15, -0.1) is 11.3 Å². The first-order chi connectivity index (χ1) is 16.6. The van der Waals surface area contributed by atoms with Crippen LogP contribution in [0.15, 0.2) is 42.2 Å². The molecule has 1 unspecified atom stereocenters. The van der Waals surface area contributed by atoms with Crippen LogP contribution in [0.4, 0.5) is 10.2 Å². The highest BCUT2D eigenvalue weighted by Gasteiger charge is 2.34. The van der Waals surface area contributed by atoms with E-state index in [2.05, 4.69) is 19.5 Å². The van der Waals surface area contributed by atoms with Gasteiger partial charge in [0.05, 0.1) is 28.2 Å². The predicted octanol–water partition coefficient (Wildman–Crippen LogP) is 2.92. The van der Waals surface area contributed by atoms with Crippen molar-refractivity contribution in [3.63, 3.8) is 0 Å². The summed E-state index contributed by atoms with van der Waals surface area (Å²) in [7, 11) is -4.10. The van der Waals surface area contributed by atoms with E-state index in [-0.39, 0.29) is 29.0 Å². The predicted molar refractivity (Wildman–Crippen MR) is 129 cm³/mol. The van der Waals surface area contributed by atoms with Crippen molar-refractivity contribution in [2.75, 3.05) is 11.9 Å². The average molecular weight is 541 g/mol. The number of benzene rings is 1. The summed E-state index contributed by atoms with van der Waals surface area (Å²) in [5, 5.41) is 20.2. The van der Waals surface area contributed by atoms with E-state index in [1.165, 1.54) is 29.9 Å². The van der Waals surface area contributed by atoms with Crippen LogP contribution < -0.4 is 10.5 Å². The van der Waals surface area contributed by atoms with Gasteiger partial charge < -0.3 is 10.4 Å². The van der Waals surface area contributed by atoms with Gasteiger partial charge in [0, 0.05) is 18.2 Å². The van der Waals surface area contributed by atoms with E-state index in [4.69, 9.17) is 16.7 Å². The molecule has 0 aliphatic heterocycles. The first kappa shape index (κ1) is 25.6. The number of anilines is 1. The van der Waals surface area contributed by atoms with Crippen LogP contribution in [0.1, 0.15) is 39.2 Å². The second kappa shape index (κ2) is 10.6. The number of nitrogens with zero attached hydrogens (tertiary/aromatic N) is 2. The SMILES string of the molecule is NS(=O)(=O)OCC1C[C@@H](Nc2ncncc2C(=O)c2cc(Cc3ccc(F)c(Cl)c3)cs2)C[C@@H]1O. The molecule has 1 aliphatic rings. The molecule has 0 amide bonds. The number of aliphatic hydroxyl groups is 1. The molecule has 0 spiro atoms. The van der Waals surface area contributed by atoms with Gasteiger partial charge in [-0.2, -0.15) is 8.42 Å². The number of aromatic nitrogens is 2. The molecule has 4 rings (SSSR count). The number of nitrogens with one attached hydrogen (secondary N) is 1. The highest BCUT2D eigenvalue weighted by Crippen LogP contribution is 2.30. The zero-order valence-corrected chi connectivity index (χ0v) is 20.6. The summed E-state index contributed by atoms with van der Waals surface area (Å²) in [5.41, 5.74) is 1.97. The first-order valence-electron chi connectivity index (χ1n) is 10.6. The average Bonchev–Trinajstić information content (AvgIpc) is 3.40. The number of hydrogen-bond acceptors (Lipinski definition) is 9. The largest absolute Gasteiger partial charge is 0.393 e. The van der Waals surface area contributed by atoms with Crippen molar-refractivity contribution >= 4 is 44.8 Å². The molecule has 0 saturated heterocycles. The molecule has 0 radical (unpaired) electrons. The fourth-order valence-corrected chi connectivity index (χ4v) is 5.43.